The van der Waals surface area contributed by atoms with Gasteiger partial charge in [-0.3, -0.25) is 4.79 Å². The molecule has 1 saturated carbocycles. The molecule has 1 saturated heterocycles. The van der Waals surface area contributed by atoms with Gasteiger partial charge < -0.3 is 26.2 Å². The summed E-state index contributed by atoms with van der Waals surface area (Å²) in [5, 5.41) is 13.4. The summed E-state index contributed by atoms with van der Waals surface area (Å²) in [5.41, 5.74) is 2.57. The fourth-order valence-electron chi connectivity index (χ4n) is 4.93. The summed E-state index contributed by atoms with van der Waals surface area (Å²) in [6, 6.07) is 6.30. The Labute approximate surface area is 215 Å². The summed E-state index contributed by atoms with van der Waals surface area (Å²) in [7, 11) is 2.01. The molecule has 1 aliphatic heterocycles. The van der Waals surface area contributed by atoms with Crippen molar-refractivity contribution < 1.29 is 4.79 Å². The number of anilines is 4. The van der Waals surface area contributed by atoms with Gasteiger partial charge in [-0.1, -0.05) is 46.1 Å². The average molecular weight is 495 g/mol. The van der Waals surface area contributed by atoms with Crippen molar-refractivity contribution in [2.24, 2.45) is 5.41 Å². The number of hydrogen-bond acceptors (Lipinski definition) is 8. The van der Waals surface area contributed by atoms with Crippen molar-refractivity contribution in [1.29, 1.82) is 0 Å². The van der Waals surface area contributed by atoms with Gasteiger partial charge in [-0.2, -0.15) is 15.0 Å². The molecular weight excluding hydrogens is 452 g/mol. The van der Waals surface area contributed by atoms with Crippen molar-refractivity contribution in [3.05, 3.63) is 29.3 Å². The van der Waals surface area contributed by atoms with Crippen LogP contribution in [0, 0.1) is 12.3 Å². The minimum atomic E-state index is -0.0257. The molecule has 1 atom stereocenters. The molecule has 1 aliphatic carbocycles. The minimum Gasteiger partial charge on any atom is -0.350 e. The van der Waals surface area contributed by atoms with Gasteiger partial charge in [0.15, 0.2) is 0 Å². The zero-order valence-electron chi connectivity index (χ0n) is 22.4. The summed E-state index contributed by atoms with van der Waals surface area (Å²) in [6.07, 6.45) is 6.78. The van der Waals surface area contributed by atoms with Crippen molar-refractivity contribution in [1.82, 2.24) is 25.6 Å². The van der Waals surface area contributed by atoms with Gasteiger partial charge in [0, 0.05) is 43.5 Å². The Morgan fingerprint density at radius 2 is 1.81 bits per heavy atom. The molecule has 0 bridgehead atoms. The topological polar surface area (TPSA) is 107 Å². The van der Waals surface area contributed by atoms with Gasteiger partial charge in [-0.05, 0) is 55.8 Å². The first-order valence-electron chi connectivity index (χ1n) is 13.3. The van der Waals surface area contributed by atoms with E-state index < -0.39 is 0 Å². The van der Waals surface area contributed by atoms with Crippen molar-refractivity contribution in [2.75, 3.05) is 42.2 Å². The van der Waals surface area contributed by atoms with Crippen LogP contribution in [-0.4, -0.2) is 59.6 Å². The molecule has 9 heteroatoms. The normalized spacial score (nSPS) is 18.6. The minimum absolute atomic E-state index is 0.0257. The molecule has 9 nitrogen and oxygen atoms in total. The van der Waals surface area contributed by atoms with Crippen molar-refractivity contribution >= 4 is 29.4 Å². The molecule has 2 heterocycles. The molecule has 2 fully saturated rings. The fourth-order valence-corrected chi connectivity index (χ4v) is 4.93. The maximum absolute atomic E-state index is 12.9. The Kier molecular flexibility index (Phi) is 8.28. The predicted molar refractivity (Wildman–Crippen MR) is 146 cm³/mol. The predicted octanol–water partition coefficient (Wildman–Crippen LogP) is 4.24. The lowest BCUT2D eigenvalue weighted by Crippen LogP contribution is -2.36. The van der Waals surface area contributed by atoms with Gasteiger partial charge in [-0.25, -0.2) is 0 Å². The fraction of sp³-hybridized carbons (Fsp3) is 0.630. The van der Waals surface area contributed by atoms with E-state index in [1.807, 2.05) is 32.2 Å². The molecule has 4 rings (SSSR count). The number of rotatable bonds is 8. The summed E-state index contributed by atoms with van der Waals surface area (Å²) in [6.45, 7) is 11.3. The second-order valence-electron chi connectivity index (χ2n) is 11.5. The highest BCUT2D eigenvalue weighted by Gasteiger charge is 2.21. The van der Waals surface area contributed by atoms with E-state index in [1.165, 1.54) is 19.3 Å². The lowest BCUT2D eigenvalue weighted by Gasteiger charge is -2.27. The lowest BCUT2D eigenvalue weighted by atomic mass is 9.95. The van der Waals surface area contributed by atoms with E-state index in [-0.39, 0.29) is 23.4 Å². The van der Waals surface area contributed by atoms with Gasteiger partial charge in [0.2, 0.25) is 17.8 Å². The van der Waals surface area contributed by atoms with Crippen LogP contribution in [0.25, 0.3) is 0 Å². The molecule has 1 aromatic heterocycles. The highest BCUT2D eigenvalue weighted by molar-refractivity contribution is 5.95. The molecule has 2 aliphatic rings. The van der Waals surface area contributed by atoms with Crippen molar-refractivity contribution in [3.8, 4) is 0 Å². The molecule has 4 N–H and O–H groups in total. The van der Waals surface area contributed by atoms with Crippen LogP contribution >= 0.6 is 0 Å². The van der Waals surface area contributed by atoms with E-state index in [1.54, 1.807) is 0 Å². The number of carbonyl (C=O) groups is 1. The molecule has 1 aromatic carbocycles. The number of nitrogens with zero attached hydrogens (tertiary/aromatic N) is 4. The van der Waals surface area contributed by atoms with E-state index >= 15 is 0 Å². The van der Waals surface area contributed by atoms with Gasteiger partial charge in [0.1, 0.15) is 0 Å². The molecule has 36 heavy (non-hydrogen) atoms. The number of aryl methyl sites for hydroxylation is 1. The Bertz CT molecular complexity index is 1040. The highest BCUT2D eigenvalue weighted by Crippen LogP contribution is 2.25. The summed E-state index contributed by atoms with van der Waals surface area (Å²) in [5.74, 6) is 1.60. The van der Waals surface area contributed by atoms with Crippen molar-refractivity contribution in [3.63, 3.8) is 0 Å². The van der Waals surface area contributed by atoms with Gasteiger partial charge in [0.25, 0.3) is 5.91 Å². The third-order valence-corrected chi connectivity index (χ3v) is 6.76. The summed E-state index contributed by atoms with van der Waals surface area (Å²) < 4.78 is 0. The average Bonchev–Trinajstić information content (AvgIpc) is 3.33. The number of aromatic nitrogens is 3. The van der Waals surface area contributed by atoms with Crippen LogP contribution in [0.4, 0.5) is 23.5 Å². The lowest BCUT2D eigenvalue weighted by molar-refractivity contribution is 0.0927. The molecular formula is C27H42N8O. The van der Waals surface area contributed by atoms with Crippen LogP contribution in [-0.2, 0) is 0 Å². The molecule has 0 unspecified atom stereocenters. The molecule has 0 spiro atoms. The number of benzene rings is 1. The SMILES string of the molecule is Cc1ccc(C(=O)NC2CCCCC2)cc1Nc1nc(N[C@H]2CCNC2)nc(N(C)CC(C)(C)C)n1. The van der Waals surface area contributed by atoms with E-state index in [0.717, 1.165) is 50.1 Å². The third-order valence-electron chi connectivity index (χ3n) is 6.76. The van der Waals surface area contributed by atoms with Crippen LogP contribution in [0.5, 0.6) is 0 Å². The summed E-state index contributed by atoms with van der Waals surface area (Å²) in [4.78, 5) is 29.1. The highest BCUT2D eigenvalue weighted by atomic mass is 16.1. The van der Waals surface area contributed by atoms with Gasteiger partial charge >= 0.3 is 0 Å². The molecule has 1 amide bonds. The molecule has 2 aromatic rings. The number of amides is 1. The van der Waals surface area contributed by atoms with Crippen LogP contribution in [0.3, 0.4) is 0 Å². The number of carbonyl (C=O) groups excluding carboxylic acids is 1. The van der Waals surface area contributed by atoms with Crippen LogP contribution < -0.4 is 26.2 Å². The molecule has 0 radical (unpaired) electrons. The zero-order valence-corrected chi connectivity index (χ0v) is 22.4. The Hall–Kier alpha value is -2.94. The number of nitrogens with one attached hydrogen (secondary N) is 4. The van der Waals surface area contributed by atoms with Crippen molar-refractivity contribution in [2.45, 2.75) is 78.3 Å². The maximum atomic E-state index is 12.9. The van der Waals surface area contributed by atoms with Gasteiger partial charge in [-0.15, -0.1) is 0 Å². The standard InChI is InChI=1S/C27H42N8O/c1-18-11-12-19(23(36)29-20-9-7-6-8-10-20)15-22(18)31-25-32-24(30-21-13-14-28-16-21)33-26(34-25)35(5)17-27(2,3)4/h11-12,15,20-21,28H,6-10,13-14,16-17H2,1-5H3,(H,29,36)(H2,30,31,32,33,34)/t21-/m0/s1. The van der Waals surface area contributed by atoms with Gasteiger partial charge in [0.05, 0.1) is 0 Å². The second kappa shape index (κ2) is 11.4. The largest absolute Gasteiger partial charge is 0.350 e. The van der Waals surface area contributed by atoms with Crippen LogP contribution in [0.15, 0.2) is 18.2 Å². The summed E-state index contributed by atoms with van der Waals surface area (Å²) >= 11 is 0. The van der Waals surface area contributed by atoms with E-state index in [9.17, 15) is 4.79 Å². The van der Waals surface area contributed by atoms with Crippen LogP contribution in [0.1, 0.15) is 75.2 Å². The zero-order chi connectivity index (χ0) is 25.7. The van der Waals surface area contributed by atoms with E-state index in [0.29, 0.717) is 23.4 Å². The quantitative estimate of drug-likeness (QED) is 0.432. The maximum Gasteiger partial charge on any atom is 0.251 e. The first-order valence-corrected chi connectivity index (χ1v) is 13.3. The first-order chi connectivity index (χ1) is 17.2. The Morgan fingerprint density at radius 3 is 2.50 bits per heavy atom. The number of hydrogen-bond donors (Lipinski definition) is 4. The second-order valence-corrected chi connectivity index (χ2v) is 11.5. The van der Waals surface area contributed by atoms with E-state index in [2.05, 4.69) is 51.9 Å². The monoisotopic (exact) mass is 494 g/mol. The van der Waals surface area contributed by atoms with E-state index in [4.69, 9.17) is 9.97 Å². The first kappa shape index (κ1) is 26.1. The molecule has 196 valence electrons. The third kappa shape index (κ3) is 7.29. The Balaban J connectivity index is 1.56. The smallest absolute Gasteiger partial charge is 0.251 e. The Morgan fingerprint density at radius 1 is 1.06 bits per heavy atom. The van der Waals surface area contributed by atoms with Crippen LogP contribution in [0.2, 0.25) is 0 Å².